The lowest BCUT2D eigenvalue weighted by Gasteiger charge is -2.21. The van der Waals surface area contributed by atoms with E-state index >= 15 is 0 Å². The average molecular weight is 586 g/mol. The zero-order valence-electron chi connectivity index (χ0n) is 17.2. The number of sulfonamides is 1. The third-order valence-electron chi connectivity index (χ3n) is 5.02. The Morgan fingerprint density at radius 2 is 2.00 bits per heavy atom. The Kier molecular flexibility index (Phi) is 8.16. The van der Waals surface area contributed by atoms with Crippen LogP contribution in [0, 0.1) is 11.5 Å². The number of benzene rings is 2. The van der Waals surface area contributed by atoms with Crippen LogP contribution >= 0.6 is 31.9 Å². The molecule has 1 amide bonds. The van der Waals surface area contributed by atoms with Gasteiger partial charge in [0.2, 0.25) is 10.0 Å². The van der Waals surface area contributed by atoms with E-state index in [4.69, 9.17) is 4.74 Å². The van der Waals surface area contributed by atoms with Crippen LogP contribution in [0.2, 0.25) is 0 Å². The predicted molar refractivity (Wildman–Crippen MR) is 126 cm³/mol. The number of carbonyl (C=O) groups excluding carboxylic acids is 1. The molecule has 1 aliphatic heterocycles. The van der Waals surface area contributed by atoms with Crippen molar-refractivity contribution < 1.29 is 17.9 Å². The van der Waals surface area contributed by atoms with E-state index in [1.165, 1.54) is 15.9 Å². The Morgan fingerprint density at radius 1 is 1.28 bits per heavy atom. The van der Waals surface area contributed by atoms with Gasteiger partial charge in [0.1, 0.15) is 6.61 Å². The molecule has 0 bridgehead atoms. The first-order valence-electron chi connectivity index (χ1n) is 9.75. The molecular formula is C21H22Br2N4O4S. The molecule has 2 aromatic carbocycles. The molecule has 0 aliphatic carbocycles. The van der Waals surface area contributed by atoms with Gasteiger partial charge in [0, 0.05) is 35.1 Å². The highest BCUT2D eigenvalue weighted by atomic mass is 79.9. The highest BCUT2D eigenvalue weighted by molar-refractivity contribution is 9.11. The molecule has 32 heavy (non-hydrogen) atoms. The second-order valence-corrected chi connectivity index (χ2v) is 10.9. The Morgan fingerprint density at radius 3 is 2.69 bits per heavy atom. The first kappa shape index (κ1) is 24.5. The highest BCUT2D eigenvalue weighted by Crippen LogP contribution is 2.27. The van der Waals surface area contributed by atoms with Crippen LogP contribution in [-0.4, -0.2) is 56.6 Å². The molecule has 1 N–H and O–H groups in total. The minimum atomic E-state index is -3.81. The minimum Gasteiger partial charge on any atom is -0.447 e. The van der Waals surface area contributed by atoms with Crippen LogP contribution in [-0.2, 0) is 21.3 Å². The van der Waals surface area contributed by atoms with Gasteiger partial charge in [-0.2, -0.15) is 5.26 Å². The minimum absolute atomic E-state index is 0.00959. The lowest BCUT2D eigenvalue weighted by molar-refractivity contribution is 0.0900. The van der Waals surface area contributed by atoms with Crippen molar-refractivity contribution in [2.24, 2.45) is 0 Å². The zero-order chi connectivity index (χ0) is 23.3. The number of hydrogen-bond donors (Lipinski definition) is 1. The number of nitrogens with zero attached hydrogens (tertiary/aromatic N) is 3. The molecule has 2 atom stereocenters. The maximum atomic E-state index is 12.8. The smallest absolute Gasteiger partial charge is 0.409 e. The van der Waals surface area contributed by atoms with Crippen molar-refractivity contribution in [2.45, 2.75) is 29.9 Å². The molecule has 0 aromatic heterocycles. The number of carbonyl (C=O) groups is 1. The van der Waals surface area contributed by atoms with Crippen LogP contribution in [0.25, 0.3) is 0 Å². The third kappa shape index (κ3) is 6.22. The summed E-state index contributed by atoms with van der Waals surface area (Å²) in [4.78, 5) is 15.3. The van der Waals surface area contributed by atoms with Gasteiger partial charge in [-0.25, -0.2) is 17.9 Å². The molecule has 1 saturated heterocycles. The van der Waals surface area contributed by atoms with Gasteiger partial charge in [-0.15, -0.1) is 0 Å². The summed E-state index contributed by atoms with van der Waals surface area (Å²) >= 11 is 6.55. The number of nitrogens with one attached hydrogen (secondary N) is 1. The van der Waals surface area contributed by atoms with E-state index in [1.807, 2.05) is 30.3 Å². The fraction of sp³-hybridized carbons (Fsp3) is 0.333. The molecule has 1 aliphatic rings. The first-order chi connectivity index (χ1) is 15.2. The van der Waals surface area contributed by atoms with Crippen LogP contribution in [0.15, 0.2) is 62.4 Å². The van der Waals surface area contributed by atoms with Crippen molar-refractivity contribution in [1.82, 2.24) is 14.5 Å². The van der Waals surface area contributed by atoms with Crippen molar-refractivity contribution in [3.8, 4) is 6.19 Å². The van der Waals surface area contributed by atoms with Crippen LogP contribution in [0.1, 0.15) is 12.0 Å². The van der Waals surface area contributed by atoms with Crippen molar-refractivity contribution >= 4 is 48.0 Å². The summed E-state index contributed by atoms with van der Waals surface area (Å²) in [6.07, 6.45) is 1.90. The normalized spacial score (nSPS) is 18.2. The lowest BCUT2D eigenvalue weighted by Crippen LogP contribution is -2.36. The number of halogens is 2. The summed E-state index contributed by atoms with van der Waals surface area (Å²) < 4.78 is 34.8. The van der Waals surface area contributed by atoms with E-state index in [-0.39, 0.29) is 18.0 Å². The largest absolute Gasteiger partial charge is 0.447 e. The van der Waals surface area contributed by atoms with Gasteiger partial charge in [0.25, 0.3) is 0 Å². The maximum Gasteiger partial charge on any atom is 0.409 e. The van der Waals surface area contributed by atoms with E-state index in [0.29, 0.717) is 21.9 Å². The zero-order valence-corrected chi connectivity index (χ0v) is 21.2. The van der Waals surface area contributed by atoms with Crippen molar-refractivity contribution in [3.05, 3.63) is 63.0 Å². The molecule has 0 radical (unpaired) electrons. The summed E-state index contributed by atoms with van der Waals surface area (Å²) in [5, 5.41) is 9.45. The third-order valence-corrected chi connectivity index (χ3v) is 8.03. The van der Waals surface area contributed by atoms with Gasteiger partial charge in [0.15, 0.2) is 6.19 Å². The lowest BCUT2D eigenvalue weighted by atomic mass is 10.2. The van der Waals surface area contributed by atoms with Crippen LogP contribution in [0.3, 0.4) is 0 Å². The molecule has 0 spiro atoms. The second-order valence-electron chi connectivity index (χ2n) is 7.45. The Bertz CT molecular complexity index is 1110. The van der Waals surface area contributed by atoms with Gasteiger partial charge in [0.05, 0.1) is 10.9 Å². The van der Waals surface area contributed by atoms with Crippen molar-refractivity contribution in [3.63, 3.8) is 0 Å². The van der Waals surface area contributed by atoms with Gasteiger partial charge >= 0.3 is 6.09 Å². The van der Waals surface area contributed by atoms with E-state index < -0.39 is 28.2 Å². The van der Waals surface area contributed by atoms with Crippen LogP contribution in [0.5, 0.6) is 0 Å². The van der Waals surface area contributed by atoms with E-state index in [1.54, 1.807) is 19.2 Å². The summed E-state index contributed by atoms with van der Waals surface area (Å²) in [5.41, 5.74) is 0.972. The predicted octanol–water partition coefficient (Wildman–Crippen LogP) is 3.68. The van der Waals surface area contributed by atoms with Crippen LogP contribution in [0.4, 0.5) is 4.79 Å². The number of amides is 1. The first-order valence-corrected chi connectivity index (χ1v) is 12.8. The van der Waals surface area contributed by atoms with Gasteiger partial charge in [-0.1, -0.05) is 46.3 Å². The summed E-state index contributed by atoms with van der Waals surface area (Å²) in [6.45, 7) is 0.587. The number of hydrogen-bond acceptors (Lipinski definition) is 6. The topological polar surface area (TPSA) is 103 Å². The molecule has 8 nitrogen and oxygen atoms in total. The second kappa shape index (κ2) is 10.7. The Hall–Kier alpha value is -2.13. The van der Waals surface area contributed by atoms with Gasteiger partial charge < -0.3 is 14.5 Å². The number of nitriles is 1. The van der Waals surface area contributed by atoms with E-state index in [0.717, 1.165) is 5.56 Å². The summed E-state index contributed by atoms with van der Waals surface area (Å²) in [5.74, 6) is 0. The monoisotopic (exact) mass is 584 g/mol. The highest BCUT2D eigenvalue weighted by Gasteiger charge is 2.35. The maximum absolute atomic E-state index is 12.8. The number of ether oxygens (including phenoxy) is 1. The van der Waals surface area contributed by atoms with E-state index in [2.05, 4.69) is 42.8 Å². The van der Waals surface area contributed by atoms with Crippen molar-refractivity contribution in [2.75, 3.05) is 20.2 Å². The Labute approximate surface area is 204 Å². The molecule has 170 valence electrons. The van der Waals surface area contributed by atoms with Crippen molar-refractivity contribution in [1.29, 1.82) is 5.26 Å². The number of likely N-dealkylation sites (tertiary alicyclic amines) is 1. The fourth-order valence-electron chi connectivity index (χ4n) is 3.45. The van der Waals surface area contributed by atoms with E-state index in [9.17, 15) is 18.5 Å². The summed E-state index contributed by atoms with van der Waals surface area (Å²) in [6, 6.07) is 13.5. The Balaban J connectivity index is 1.58. The molecule has 1 fully saturated rings. The molecular weight excluding hydrogens is 564 g/mol. The molecule has 3 rings (SSSR count). The number of rotatable bonds is 7. The standard InChI is InChI=1S/C21H22Br2N4O4S/c1-26(11-15-5-3-2-4-6-15)21(28)31-13-18-10-17(12-27(18)14-24)25-32(29,30)20-9-16(22)7-8-19(20)23/h2-9,17-18,25H,10-13H2,1H3/t17-,18-/m1/s1. The fourth-order valence-corrected chi connectivity index (χ4v) is 6.19. The van der Waals surface area contributed by atoms with Crippen LogP contribution < -0.4 is 4.72 Å². The van der Waals surface area contributed by atoms with Gasteiger partial charge in [-0.3, -0.25) is 0 Å². The molecule has 1 heterocycles. The quantitative estimate of drug-likeness (QED) is 0.497. The average Bonchev–Trinajstić information content (AvgIpc) is 3.15. The molecule has 11 heteroatoms. The summed E-state index contributed by atoms with van der Waals surface area (Å²) in [7, 11) is -2.17. The molecule has 0 unspecified atom stereocenters. The SMILES string of the molecule is CN(Cc1ccccc1)C(=O)OC[C@H]1C[C@@H](NS(=O)(=O)c2cc(Br)ccc2Br)CN1C#N. The molecule has 2 aromatic rings. The van der Waals surface area contributed by atoms with Gasteiger partial charge in [-0.05, 0) is 46.1 Å². The molecule has 0 saturated carbocycles.